The Kier molecular flexibility index (Phi) is 26.7. The summed E-state index contributed by atoms with van der Waals surface area (Å²) in [6.45, 7) is 14.1. The molecule has 1 unspecified atom stereocenters. The average molecular weight is 511 g/mol. The molecule has 0 heterocycles. The minimum Gasteiger partial charge on any atom is -0.465 e. The Morgan fingerprint density at radius 1 is 0.714 bits per heavy atom. The Labute approximate surface area is 213 Å². The maximum Gasteiger partial charge on any atom is 0.311 e. The fourth-order valence-corrected chi connectivity index (χ4v) is 2.57. The van der Waals surface area contributed by atoms with Gasteiger partial charge in [-0.2, -0.15) is 0 Å². The molecule has 9 heteroatoms. The van der Waals surface area contributed by atoms with Crippen molar-refractivity contribution in [1.82, 2.24) is 0 Å². The van der Waals surface area contributed by atoms with Gasteiger partial charge in [-0.05, 0) is 47.5 Å². The molecule has 0 radical (unpaired) electrons. The van der Waals surface area contributed by atoms with Crippen LogP contribution in [0, 0.1) is 10.8 Å². The van der Waals surface area contributed by atoms with E-state index in [-0.39, 0.29) is 57.0 Å². The zero-order chi connectivity index (χ0) is 27.8. The normalized spacial score (nSPS) is 12.0. The molecule has 0 amide bonds. The molecule has 0 fully saturated rings. The maximum absolute atomic E-state index is 11.8. The first-order chi connectivity index (χ1) is 16.4. The third-order valence-corrected chi connectivity index (χ3v) is 4.90. The van der Waals surface area contributed by atoms with Crippen molar-refractivity contribution in [3.63, 3.8) is 0 Å². The van der Waals surface area contributed by atoms with Gasteiger partial charge in [0, 0.05) is 19.6 Å². The van der Waals surface area contributed by atoms with E-state index in [1.54, 1.807) is 6.92 Å². The van der Waals surface area contributed by atoms with E-state index in [1.807, 2.05) is 27.7 Å². The predicted molar refractivity (Wildman–Crippen MR) is 137 cm³/mol. The highest BCUT2D eigenvalue weighted by atomic mass is 16.6. The van der Waals surface area contributed by atoms with Gasteiger partial charge in [-0.25, -0.2) is 0 Å². The minimum atomic E-state index is -0.845. The second-order valence-electron chi connectivity index (χ2n) is 9.55. The van der Waals surface area contributed by atoms with Gasteiger partial charge in [-0.1, -0.05) is 39.5 Å². The number of carbonyl (C=O) groups is 2. The van der Waals surface area contributed by atoms with Gasteiger partial charge in [0.05, 0.1) is 37.3 Å². The molecule has 0 aromatic rings. The van der Waals surface area contributed by atoms with Crippen LogP contribution in [0.1, 0.15) is 93.4 Å². The summed E-state index contributed by atoms with van der Waals surface area (Å²) in [6, 6.07) is 0. The highest BCUT2D eigenvalue weighted by Crippen LogP contribution is 2.25. The average Bonchev–Trinajstić information content (AvgIpc) is 2.81. The lowest BCUT2D eigenvalue weighted by atomic mass is 9.87. The van der Waals surface area contributed by atoms with E-state index in [0.717, 1.165) is 38.5 Å². The number of aliphatic hydroxyl groups is 4. The quantitative estimate of drug-likeness (QED) is 0.171. The van der Waals surface area contributed by atoms with Gasteiger partial charge in [0.15, 0.2) is 0 Å². The molecule has 0 spiro atoms. The number of esters is 2. The monoisotopic (exact) mass is 510 g/mol. The first-order valence-electron chi connectivity index (χ1n) is 12.8. The lowest BCUT2D eigenvalue weighted by molar-refractivity contribution is -0.158. The summed E-state index contributed by atoms with van der Waals surface area (Å²) in [6.07, 6.45) is 5.47. The number of hydrogen-bond donors (Lipinski definition) is 4. The molecular formula is C26H54O9. The van der Waals surface area contributed by atoms with Crippen LogP contribution >= 0.6 is 0 Å². The van der Waals surface area contributed by atoms with Crippen molar-refractivity contribution in [3.05, 3.63) is 0 Å². The van der Waals surface area contributed by atoms with Gasteiger partial charge in [0.25, 0.3) is 0 Å². The van der Waals surface area contributed by atoms with Crippen LogP contribution in [0.25, 0.3) is 0 Å². The van der Waals surface area contributed by atoms with E-state index in [1.165, 1.54) is 0 Å². The molecule has 0 aliphatic heterocycles. The van der Waals surface area contributed by atoms with Gasteiger partial charge in [-0.15, -0.1) is 0 Å². The molecule has 0 aliphatic carbocycles. The van der Waals surface area contributed by atoms with E-state index < -0.39 is 11.5 Å². The Balaban J connectivity index is -0.000000538. The lowest BCUT2D eigenvalue weighted by Gasteiger charge is -2.23. The summed E-state index contributed by atoms with van der Waals surface area (Å²) in [7, 11) is 0. The molecule has 35 heavy (non-hydrogen) atoms. The SMILES string of the molecule is CCCCC(C)(C)C(=O)OCC(O)COCCO.CCCCC(C)(C)C(=O)OCCCO.CCO. The van der Waals surface area contributed by atoms with Crippen molar-refractivity contribution in [2.75, 3.05) is 46.2 Å². The Bertz CT molecular complexity index is 493. The van der Waals surface area contributed by atoms with Crippen LogP contribution in [0.5, 0.6) is 0 Å². The second-order valence-corrected chi connectivity index (χ2v) is 9.55. The van der Waals surface area contributed by atoms with E-state index in [9.17, 15) is 14.7 Å². The number of aliphatic hydroxyl groups excluding tert-OH is 4. The molecule has 1 atom stereocenters. The molecule has 0 saturated carbocycles. The van der Waals surface area contributed by atoms with Crippen molar-refractivity contribution in [2.24, 2.45) is 10.8 Å². The summed E-state index contributed by atoms with van der Waals surface area (Å²) in [5.74, 6) is -0.448. The Hall–Kier alpha value is -1.26. The molecule has 4 N–H and O–H groups in total. The number of rotatable bonds is 17. The molecule has 212 valence electrons. The fourth-order valence-electron chi connectivity index (χ4n) is 2.57. The van der Waals surface area contributed by atoms with Crippen LogP contribution in [0.2, 0.25) is 0 Å². The van der Waals surface area contributed by atoms with E-state index >= 15 is 0 Å². The number of ether oxygens (including phenoxy) is 3. The molecule has 0 aromatic carbocycles. The van der Waals surface area contributed by atoms with Crippen LogP contribution in [0.3, 0.4) is 0 Å². The van der Waals surface area contributed by atoms with Gasteiger partial charge >= 0.3 is 11.9 Å². The first kappa shape index (κ1) is 38.3. The van der Waals surface area contributed by atoms with Crippen molar-refractivity contribution in [3.8, 4) is 0 Å². The summed E-state index contributed by atoms with van der Waals surface area (Å²) in [5, 5.41) is 34.1. The molecule has 0 rings (SSSR count). The van der Waals surface area contributed by atoms with Crippen LogP contribution in [0.4, 0.5) is 0 Å². The second kappa shape index (κ2) is 24.4. The largest absolute Gasteiger partial charge is 0.465 e. The highest BCUT2D eigenvalue weighted by Gasteiger charge is 2.29. The number of hydrogen-bond acceptors (Lipinski definition) is 9. The summed E-state index contributed by atoms with van der Waals surface area (Å²) in [5.41, 5.74) is -0.896. The molecule has 0 aromatic heterocycles. The van der Waals surface area contributed by atoms with Gasteiger partial charge in [0.2, 0.25) is 0 Å². The van der Waals surface area contributed by atoms with Crippen LogP contribution in [-0.2, 0) is 23.8 Å². The maximum atomic E-state index is 11.8. The molecule has 9 nitrogen and oxygen atoms in total. The van der Waals surface area contributed by atoms with Crippen LogP contribution in [-0.4, -0.2) is 84.7 Å². The molecule has 0 bridgehead atoms. The van der Waals surface area contributed by atoms with Gasteiger partial charge in [0.1, 0.15) is 12.7 Å². The van der Waals surface area contributed by atoms with Crippen molar-refractivity contribution in [1.29, 1.82) is 0 Å². The fraction of sp³-hybridized carbons (Fsp3) is 0.923. The third-order valence-electron chi connectivity index (χ3n) is 4.90. The predicted octanol–water partition coefficient (Wildman–Crippen LogP) is 3.24. The Morgan fingerprint density at radius 2 is 1.17 bits per heavy atom. The smallest absolute Gasteiger partial charge is 0.311 e. The number of carbonyl (C=O) groups excluding carboxylic acids is 2. The molecular weight excluding hydrogens is 456 g/mol. The zero-order valence-electron chi connectivity index (χ0n) is 23.3. The highest BCUT2D eigenvalue weighted by molar-refractivity contribution is 5.76. The summed E-state index contributed by atoms with van der Waals surface area (Å²) >= 11 is 0. The lowest BCUT2D eigenvalue weighted by Crippen LogP contribution is -2.31. The Morgan fingerprint density at radius 3 is 1.57 bits per heavy atom. The van der Waals surface area contributed by atoms with Gasteiger partial charge < -0.3 is 34.6 Å². The van der Waals surface area contributed by atoms with E-state index in [0.29, 0.717) is 13.0 Å². The number of unbranched alkanes of at least 4 members (excludes halogenated alkanes) is 2. The van der Waals surface area contributed by atoms with E-state index in [4.69, 9.17) is 29.5 Å². The van der Waals surface area contributed by atoms with Crippen molar-refractivity contribution < 1.29 is 44.2 Å². The standard InChI is InChI=1S/C13H26O5.C11H22O3.C2H6O/c1-4-5-6-13(2,3)12(16)18-10-11(15)9-17-8-7-14;1-4-5-7-11(2,3)10(13)14-9-6-8-12;1-2-3/h11,14-15H,4-10H2,1-3H3;12H,4-9H2,1-3H3;3H,2H2,1H3. The van der Waals surface area contributed by atoms with Crippen molar-refractivity contribution >= 4 is 11.9 Å². The van der Waals surface area contributed by atoms with Crippen molar-refractivity contribution in [2.45, 2.75) is 99.5 Å². The van der Waals surface area contributed by atoms with Crippen LogP contribution < -0.4 is 0 Å². The van der Waals surface area contributed by atoms with Crippen LogP contribution in [0.15, 0.2) is 0 Å². The minimum absolute atomic E-state index is 0.0588. The molecule has 0 aliphatic rings. The summed E-state index contributed by atoms with van der Waals surface area (Å²) in [4.78, 5) is 23.3. The topological polar surface area (TPSA) is 143 Å². The zero-order valence-corrected chi connectivity index (χ0v) is 23.3. The summed E-state index contributed by atoms with van der Waals surface area (Å²) < 4.78 is 15.0. The molecule has 0 saturated heterocycles. The van der Waals surface area contributed by atoms with Gasteiger partial charge in [-0.3, -0.25) is 9.59 Å². The third kappa shape index (κ3) is 24.2. The first-order valence-corrected chi connectivity index (χ1v) is 12.8. The van der Waals surface area contributed by atoms with E-state index in [2.05, 4.69) is 13.8 Å².